The van der Waals surface area contributed by atoms with Gasteiger partial charge in [0.2, 0.25) is 0 Å². The molecule has 8 heteroatoms. The summed E-state index contributed by atoms with van der Waals surface area (Å²) in [7, 11) is 0. The maximum atomic E-state index is 13.5. The zero-order valence-corrected chi connectivity index (χ0v) is 22.7. The number of Topliss-reactive ketones (excluding diaryl/α,β-unsaturated/α-hetero) is 1. The summed E-state index contributed by atoms with van der Waals surface area (Å²) >= 11 is 0. The van der Waals surface area contributed by atoms with Crippen molar-refractivity contribution in [1.82, 2.24) is 10.3 Å². The number of amides is 2. The highest BCUT2D eigenvalue weighted by atomic mass is 16.2. The zero-order chi connectivity index (χ0) is 27.1. The number of hydrogen-bond acceptors (Lipinski definition) is 6. The van der Waals surface area contributed by atoms with Gasteiger partial charge in [0, 0.05) is 53.6 Å². The van der Waals surface area contributed by atoms with E-state index in [4.69, 9.17) is 5.73 Å². The number of carbonyl (C=O) groups is 3. The predicted molar refractivity (Wildman–Crippen MR) is 151 cm³/mol. The van der Waals surface area contributed by atoms with Gasteiger partial charge in [0.05, 0.1) is 5.56 Å². The molecule has 2 saturated carbocycles. The molecule has 8 nitrogen and oxygen atoms in total. The fourth-order valence-electron chi connectivity index (χ4n) is 6.97. The van der Waals surface area contributed by atoms with Crippen LogP contribution in [-0.4, -0.2) is 47.3 Å². The van der Waals surface area contributed by atoms with E-state index in [0.717, 1.165) is 56.5 Å². The number of rotatable bonds is 9. The Balaban J connectivity index is 1.12. The van der Waals surface area contributed by atoms with Crippen LogP contribution in [0.4, 0.5) is 11.5 Å². The molecule has 3 heterocycles. The highest BCUT2D eigenvalue weighted by Gasteiger charge is 2.42. The third kappa shape index (κ3) is 5.38. The van der Waals surface area contributed by atoms with Gasteiger partial charge < -0.3 is 21.3 Å². The number of aryl methyl sites for hydroxylation is 1. The Kier molecular flexibility index (Phi) is 7.04. The average molecular weight is 530 g/mol. The van der Waals surface area contributed by atoms with E-state index in [9.17, 15) is 14.4 Å². The van der Waals surface area contributed by atoms with Crippen molar-refractivity contribution in [2.75, 3.05) is 16.8 Å². The Labute approximate surface area is 230 Å². The molecule has 4 aliphatic rings. The molecule has 2 aromatic rings. The van der Waals surface area contributed by atoms with Gasteiger partial charge >= 0.3 is 0 Å². The minimum absolute atomic E-state index is 0.0760. The molecule has 2 unspecified atom stereocenters. The highest BCUT2D eigenvalue weighted by molar-refractivity contribution is 6.03. The number of pyridine rings is 1. The van der Waals surface area contributed by atoms with Crippen molar-refractivity contribution in [3.8, 4) is 0 Å². The van der Waals surface area contributed by atoms with Gasteiger partial charge in [0.25, 0.3) is 11.8 Å². The van der Waals surface area contributed by atoms with Crippen LogP contribution in [0, 0.1) is 18.8 Å². The first kappa shape index (κ1) is 25.8. The number of fused-ring (bicyclic) bond motifs is 2. The van der Waals surface area contributed by atoms with Crippen LogP contribution in [0.3, 0.4) is 0 Å². The maximum Gasteiger partial charge on any atom is 0.251 e. The van der Waals surface area contributed by atoms with Gasteiger partial charge in [-0.1, -0.05) is 12.8 Å². The van der Waals surface area contributed by atoms with Crippen molar-refractivity contribution in [1.29, 1.82) is 0 Å². The zero-order valence-electron chi connectivity index (χ0n) is 22.7. The minimum atomic E-state index is -0.485. The number of nitrogens with zero attached hydrogens (tertiary/aromatic N) is 2. The summed E-state index contributed by atoms with van der Waals surface area (Å²) in [5.74, 6) is 1.34. The van der Waals surface area contributed by atoms with Crippen molar-refractivity contribution in [2.45, 2.75) is 89.3 Å². The Morgan fingerprint density at radius 2 is 1.69 bits per heavy atom. The lowest BCUT2D eigenvalue weighted by atomic mass is 9.95. The van der Waals surface area contributed by atoms with Crippen LogP contribution in [0.25, 0.3) is 0 Å². The lowest BCUT2D eigenvalue weighted by Crippen LogP contribution is -2.50. The SMILES string of the molecule is Cc1cc(C(N)=O)c(NCC2CCCC2)cc1C(=O)NC1CC2CCC(C1)N2c1ccc(C(=O)C2CC2)cn1. The van der Waals surface area contributed by atoms with Gasteiger partial charge in [-0.25, -0.2) is 4.98 Å². The molecule has 2 aliphatic carbocycles. The van der Waals surface area contributed by atoms with Crippen LogP contribution >= 0.6 is 0 Å². The van der Waals surface area contributed by atoms with Gasteiger partial charge in [0.15, 0.2) is 5.78 Å². The second kappa shape index (κ2) is 10.6. The standard InChI is InChI=1S/C31H39N5O3/c1-18-12-26(30(32)38)27(33-16-19-4-2-3-5-19)15-25(18)31(39)35-22-13-23-9-10-24(14-22)36(23)28-11-8-21(17-34-28)29(37)20-6-7-20/h8,11-12,15,17,19-20,22-24,33H,2-7,9-10,13-14,16H2,1H3,(H2,32,38)(H,35,39). The van der Waals surface area contributed by atoms with Gasteiger partial charge in [-0.05, 0) is 94.0 Å². The van der Waals surface area contributed by atoms with E-state index >= 15 is 0 Å². The number of primary amides is 1. The molecule has 39 heavy (non-hydrogen) atoms. The first-order chi connectivity index (χ1) is 18.9. The molecule has 2 atom stereocenters. The monoisotopic (exact) mass is 529 g/mol. The van der Waals surface area contributed by atoms with Gasteiger partial charge in [0.1, 0.15) is 5.82 Å². The van der Waals surface area contributed by atoms with Crippen LogP contribution in [-0.2, 0) is 0 Å². The molecule has 0 radical (unpaired) electrons. The van der Waals surface area contributed by atoms with E-state index in [1.165, 1.54) is 25.7 Å². The van der Waals surface area contributed by atoms with E-state index in [0.29, 0.717) is 40.4 Å². The number of hydrogen-bond donors (Lipinski definition) is 3. The van der Waals surface area contributed by atoms with Crippen LogP contribution in [0.5, 0.6) is 0 Å². The predicted octanol–water partition coefficient (Wildman–Crippen LogP) is 4.61. The van der Waals surface area contributed by atoms with Gasteiger partial charge in [-0.2, -0.15) is 0 Å². The van der Waals surface area contributed by atoms with Crippen LogP contribution in [0.15, 0.2) is 30.5 Å². The largest absolute Gasteiger partial charge is 0.384 e. The third-order valence-electron chi connectivity index (χ3n) is 9.24. The summed E-state index contributed by atoms with van der Waals surface area (Å²) in [6, 6.07) is 8.16. The second-order valence-corrected chi connectivity index (χ2v) is 12.1. The third-order valence-corrected chi connectivity index (χ3v) is 9.24. The number of nitrogens with two attached hydrogens (primary N) is 1. The first-order valence-electron chi connectivity index (χ1n) is 14.6. The van der Waals surface area contributed by atoms with Gasteiger partial charge in [-0.3, -0.25) is 14.4 Å². The number of benzene rings is 1. The smallest absolute Gasteiger partial charge is 0.251 e. The molecule has 2 aliphatic heterocycles. The topological polar surface area (TPSA) is 117 Å². The van der Waals surface area contributed by atoms with Crippen molar-refractivity contribution in [3.63, 3.8) is 0 Å². The first-order valence-corrected chi connectivity index (χ1v) is 14.6. The van der Waals surface area contributed by atoms with Crippen molar-refractivity contribution < 1.29 is 14.4 Å². The maximum absolute atomic E-state index is 13.5. The molecule has 2 saturated heterocycles. The summed E-state index contributed by atoms with van der Waals surface area (Å²) in [6.07, 6.45) is 12.5. The summed E-state index contributed by atoms with van der Waals surface area (Å²) in [6.45, 7) is 2.65. The Morgan fingerprint density at radius 3 is 2.31 bits per heavy atom. The number of ketones is 1. The molecule has 1 aromatic heterocycles. The van der Waals surface area contributed by atoms with E-state index in [1.54, 1.807) is 18.3 Å². The summed E-state index contributed by atoms with van der Waals surface area (Å²) < 4.78 is 0. The van der Waals surface area contributed by atoms with E-state index in [-0.39, 0.29) is 23.7 Å². The molecule has 2 bridgehead atoms. The van der Waals surface area contributed by atoms with Crippen molar-refractivity contribution in [2.24, 2.45) is 17.6 Å². The fraction of sp³-hybridized carbons (Fsp3) is 0.548. The molecule has 1 aromatic carbocycles. The number of aromatic nitrogens is 1. The summed E-state index contributed by atoms with van der Waals surface area (Å²) in [5.41, 5.74) is 8.80. The van der Waals surface area contributed by atoms with Gasteiger partial charge in [-0.15, -0.1) is 0 Å². The normalized spacial score (nSPS) is 24.5. The molecule has 4 fully saturated rings. The minimum Gasteiger partial charge on any atom is -0.384 e. The number of nitrogens with one attached hydrogen (secondary N) is 2. The summed E-state index contributed by atoms with van der Waals surface area (Å²) in [5, 5.41) is 6.71. The molecule has 4 N–H and O–H groups in total. The Hall–Kier alpha value is -3.42. The van der Waals surface area contributed by atoms with Crippen LogP contribution in [0.1, 0.15) is 101 Å². The Morgan fingerprint density at radius 1 is 0.974 bits per heavy atom. The molecular formula is C31H39N5O3. The lowest BCUT2D eigenvalue weighted by Gasteiger charge is -2.40. The molecule has 2 amide bonds. The van der Waals surface area contributed by atoms with Crippen LogP contribution in [0.2, 0.25) is 0 Å². The van der Waals surface area contributed by atoms with Crippen molar-refractivity contribution >= 4 is 29.1 Å². The molecular weight excluding hydrogens is 490 g/mol. The second-order valence-electron chi connectivity index (χ2n) is 12.1. The van der Waals surface area contributed by atoms with E-state index < -0.39 is 5.91 Å². The summed E-state index contributed by atoms with van der Waals surface area (Å²) in [4.78, 5) is 45.0. The fourth-order valence-corrected chi connectivity index (χ4v) is 6.97. The molecule has 206 valence electrons. The van der Waals surface area contributed by atoms with E-state index in [2.05, 4.69) is 20.5 Å². The number of piperidine rings is 1. The highest BCUT2D eigenvalue weighted by Crippen LogP contribution is 2.39. The number of anilines is 2. The van der Waals surface area contributed by atoms with Crippen molar-refractivity contribution in [3.05, 3.63) is 52.7 Å². The quantitative estimate of drug-likeness (QED) is 0.408. The van der Waals surface area contributed by atoms with E-state index in [1.807, 2.05) is 19.1 Å². The number of carbonyl (C=O) groups excluding carboxylic acids is 3. The Bertz CT molecular complexity index is 1250. The molecule has 6 rings (SSSR count). The lowest BCUT2D eigenvalue weighted by molar-refractivity contribution is 0.0923. The van der Waals surface area contributed by atoms with Crippen LogP contribution < -0.4 is 21.3 Å². The average Bonchev–Trinajstić information content (AvgIpc) is 3.58. The molecule has 0 spiro atoms.